The normalized spacial score (nSPS) is 11.0. The molecule has 0 unspecified atom stereocenters. The summed E-state index contributed by atoms with van der Waals surface area (Å²) in [4.78, 5) is 13.9. The molecule has 0 fully saturated rings. The summed E-state index contributed by atoms with van der Waals surface area (Å²) in [7, 11) is 0. The monoisotopic (exact) mass is 401 g/mol. The first-order chi connectivity index (χ1) is 14.8. The molecule has 158 valence electrons. The van der Waals surface area contributed by atoms with E-state index >= 15 is 0 Å². The van der Waals surface area contributed by atoms with E-state index in [1.54, 1.807) is 0 Å². The van der Waals surface area contributed by atoms with Crippen molar-refractivity contribution >= 4 is 0 Å². The van der Waals surface area contributed by atoms with Crippen LogP contribution in [0.1, 0.15) is 76.6 Å². The Balaban J connectivity index is 1.56. The van der Waals surface area contributed by atoms with Crippen molar-refractivity contribution in [3.05, 3.63) is 66.4 Å². The maximum atomic E-state index is 4.67. The fourth-order valence-electron chi connectivity index (χ4n) is 3.67. The zero-order valence-electron chi connectivity index (χ0n) is 18.6. The van der Waals surface area contributed by atoms with Gasteiger partial charge in [-0.2, -0.15) is 0 Å². The van der Waals surface area contributed by atoms with E-state index in [1.807, 2.05) is 18.6 Å². The van der Waals surface area contributed by atoms with Gasteiger partial charge in [-0.1, -0.05) is 64.5 Å². The van der Waals surface area contributed by atoms with Crippen LogP contribution in [0.2, 0.25) is 0 Å². The van der Waals surface area contributed by atoms with E-state index in [0.29, 0.717) is 0 Å². The van der Waals surface area contributed by atoms with Gasteiger partial charge in [0.05, 0.1) is 5.69 Å². The van der Waals surface area contributed by atoms with Crippen LogP contribution in [0, 0.1) is 0 Å². The number of hydrogen-bond acceptors (Lipinski definition) is 3. The summed E-state index contributed by atoms with van der Waals surface area (Å²) >= 11 is 0. The lowest BCUT2D eigenvalue weighted by Gasteiger charge is -2.06. The Bertz CT molecular complexity index is 778. The molecule has 0 aromatic carbocycles. The summed E-state index contributed by atoms with van der Waals surface area (Å²) < 4.78 is 0. The lowest BCUT2D eigenvalue weighted by molar-refractivity contribution is 0.661. The third kappa shape index (κ3) is 6.76. The number of pyridine rings is 3. The first-order valence-corrected chi connectivity index (χ1v) is 11.7. The van der Waals surface area contributed by atoms with Crippen molar-refractivity contribution in [1.82, 2.24) is 15.0 Å². The van der Waals surface area contributed by atoms with Gasteiger partial charge in [0.15, 0.2) is 0 Å². The molecule has 0 spiro atoms. The van der Waals surface area contributed by atoms with Gasteiger partial charge in [0, 0.05) is 46.7 Å². The predicted octanol–water partition coefficient (Wildman–Crippen LogP) is 7.45. The summed E-state index contributed by atoms with van der Waals surface area (Å²) in [5, 5.41) is 0. The van der Waals surface area contributed by atoms with Gasteiger partial charge < -0.3 is 0 Å². The molecule has 0 saturated heterocycles. The predicted molar refractivity (Wildman–Crippen MR) is 126 cm³/mol. The number of nitrogens with zero attached hydrogens (tertiary/aromatic N) is 3. The number of unbranched alkanes of at least 4 members (excludes halogenated alkanes) is 6. The van der Waals surface area contributed by atoms with Gasteiger partial charge in [0.25, 0.3) is 0 Å². The van der Waals surface area contributed by atoms with Gasteiger partial charge >= 0.3 is 0 Å². The third-order valence-corrected chi connectivity index (χ3v) is 5.61. The van der Waals surface area contributed by atoms with Crippen LogP contribution in [0.4, 0.5) is 0 Å². The van der Waals surface area contributed by atoms with Crippen LogP contribution in [-0.4, -0.2) is 15.0 Å². The van der Waals surface area contributed by atoms with E-state index in [2.05, 4.69) is 65.2 Å². The molecule has 3 aromatic rings. The van der Waals surface area contributed by atoms with E-state index < -0.39 is 0 Å². The molecule has 0 N–H and O–H groups in total. The smallest absolute Gasteiger partial charge is 0.0717 e. The molecule has 0 aliphatic rings. The molecule has 0 amide bonds. The Morgan fingerprint density at radius 3 is 1.43 bits per heavy atom. The van der Waals surface area contributed by atoms with Gasteiger partial charge in [-0.05, 0) is 49.9 Å². The SMILES string of the molecule is CCCCCCc1ccc(-c2ccc(-c3ccc(CCCCCC)nc3)nc2)cn1. The fraction of sp³-hybridized carbons (Fsp3) is 0.444. The highest BCUT2D eigenvalue weighted by Crippen LogP contribution is 2.22. The fourth-order valence-corrected chi connectivity index (χ4v) is 3.67. The second-order valence-electron chi connectivity index (χ2n) is 8.13. The second kappa shape index (κ2) is 12.2. The van der Waals surface area contributed by atoms with Crippen molar-refractivity contribution in [3.8, 4) is 22.4 Å². The van der Waals surface area contributed by atoms with Crippen LogP contribution >= 0.6 is 0 Å². The molecule has 3 heterocycles. The molecule has 0 atom stereocenters. The van der Waals surface area contributed by atoms with E-state index in [9.17, 15) is 0 Å². The standard InChI is InChI=1S/C27H35N3/c1-3-5-7-9-11-25-16-13-22(19-28-25)23-15-18-27(30-20-23)24-14-17-26(29-21-24)12-10-8-6-4-2/h13-21H,3-12H2,1-2H3. The molecule has 0 aliphatic heterocycles. The van der Waals surface area contributed by atoms with Crippen LogP contribution in [0.5, 0.6) is 0 Å². The second-order valence-corrected chi connectivity index (χ2v) is 8.13. The number of hydrogen-bond donors (Lipinski definition) is 0. The van der Waals surface area contributed by atoms with E-state index in [0.717, 1.165) is 35.2 Å². The Kier molecular flexibility index (Phi) is 9.02. The molecular weight excluding hydrogens is 366 g/mol. The van der Waals surface area contributed by atoms with Crippen molar-refractivity contribution in [1.29, 1.82) is 0 Å². The Labute approximate surface area is 182 Å². The van der Waals surface area contributed by atoms with Gasteiger partial charge in [-0.15, -0.1) is 0 Å². The summed E-state index contributed by atoms with van der Waals surface area (Å²) in [5.41, 5.74) is 6.60. The minimum atomic E-state index is 0.962. The topological polar surface area (TPSA) is 38.7 Å². The van der Waals surface area contributed by atoms with Crippen LogP contribution in [0.15, 0.2) is 55.0 Å². The van der Waals surface area contributed by atoms with Crippen molar-refractivity contribution in [2.75, 3.05) is 0 Å². The summed E-state index contributed by atoms with van der Waals surface area (Å²) in [6, 6.07) is 12.8. The Morgan fingerprint density at radius 2 is 1.00 bits per heavy atom. The van der Waals surface area contributed by atoms with E-state index in [-0.39, 0.29) is 0 Å². The highest BCUT2D eigenvalue weighted by Gasteiger charge is 2.04. The van der Waals surface area contributed by atoms with Crippen LogP contribution in [-0.2, 0) is 12.8 Å². The molecule has 3 heteroatoms. The van der Waals surface area contributed by atoms with E-state index in [4.69, 9.17) is 0 Å². The van der Waals surface area contributed by atoms with Crippen molar-refractivity contribution < 1.29 is 0 Å². The van der Waals surface area contributed by atoms with Gasteiger partial charge in [-0.3, -0.25) is 15.0 Å². The van der Waals surface area contributed by atoms with Crippen molar-refractivity contribution in [3.63, 3.8) is 0 Å². The number of aromatic nitrogens is 3. The Morgan fingerprint density at radius 1 is 0.500 bits per heavy atom. The number of rotatable bonds is 12. The highest BCUT2D eigenvalue weighted by molar-refractivity contribution is 5.65. The van der Waals surface area contributed by atoms with Crippen molar-refractivity contribution in [2.24, 2.45) is 0 Å². The average Bonchev–Trinajstić information content (AvgIpc) is 2.81. The maximum absolute atomic E-state index is 4.67. The molecular formula is C27H35N3. The molecule has 0 saturated carbocycles. The number of aryl methyl sites for hydroxylation is 2. The molecule has 0 aliphatic carbocycles. The zero-order chi connectivity index (χ0) is 21.0. The quantitative estimate of drug-likeness (QED) is 0.296. The zero-order valence-corrected chi connectivity index (χ0v) is 18.6. The van der Waals surface area contributed by atoms with E-state index in [1.165, 1.54) is 62.8 Å². The minimum Gasteiger partial charge on any atom is -0.261 e. The first kappa shape index (κ1) is 22.1. The first-order valence-electron chi connectivity index (χ1n) is 11.7. The lowest BCUT2D eigenvalue weighted by Crippen LogP contribution is -1.93. The van der Waals surface area contributed by atoms with Crippen LogP contribution in [0.25, 0.3) is 22.4 Å². The largest absolute Gasteiger partial charge is 0.261 e. The third-order valence-electron chi connectivity index (χ3n) is 5.61. The molecule has 0 radical (unpaired) electrons. The summed E-state index contributed by atoms with van der Waals surface area (Å²) in [6.07, 6.45) is 18.2. The summed E-state index contributed by atoms with van der Waals surface area (Å²) in [6.45, 7) is 4.49. The van der Waals surface area contributed by atoms with Crippen LogP contribution in [0.3, 0.4) is 0 Å². The average molecular weight is 402 g/mol. The van der Waals surface area contributed by atoms with Gasteiger partial charge in [-0.25, -0.2) is 0 Å². The minimum absolute atomic E-state index is 0.962. The lowest BCUT2D eigenvalue weighted by atomic mass is 10.1. The molecule has 3 nitrogen and oxygen atoms in total. The van der Waals surface area contributed by atoms with Gasteiger partial charge in [0.1, 0.15) is 0 Å². The molecule has 3 rings (SSSR count). The molecule has 3 aromatic heterocycles. The molecule has 0 bridgehead atoms. The Hall–Kier alpha value is -2.55. The molecule has 30 heavy (non-hydrogen) atoms. The maximum Gasteiger partial charge on any atom is 0.0717 e. The van der Waals surface area contributed by atoms with Crippen LogP contribution < -0.4 is 0 Å². The van der Waals surface area contributed by atoms with Gasteiger partial charge in [0.2, 0.25) is 0 Å². The summed E-state index contributed by atoms with van der Waals surface area (Å²) in [5.74, 6) is 0. The highest BCUT2D eigenvalue weighted by atomic mass is 14.7. The van der Waals surface area contributed by atoms with Crippen molar-refractivity contribution in [2.45, 2.75) is 78.1 Å².